The summed E-state index contributed by atoms with van der Waals surface area (Å²) in [7, 11) is 0. The van der Waals surface area contributed by atoms with Crippen LogP contribution in [0.15, 0.2) is 53.6 Å². The molecule has 2 aromatic carbocycles. The molecule has 5 nitrogen and oxygen atoms in total. The Morgan fingerprint density at radius 1 is 1.07 bits per heavy atom. The standard InChI is InChI=1S/C21H16N4OS/c1-13-3-2-4-14(9-13)12-27-21-18(11-23)19(17(10-22)20(24)25-21)15-5-7-16(26)8-6-15/h2-9,26H,12H2,1H3,(H2,24,25). The number of nitrogen functional groups attached to an aromatic ring is 1. The van der Waals surface area contributed by atoms with Gasteiger partial charge in [0.1, 0.15) is 34.3 Å². The van der Waals surface area contributed by atoms with Crippen molar-refractivity contribution < 1.29 is 5.11 Å². The van der Waals surface area contributed by atoms with Crippen LogP contribution in [0, 0.1) is 29.6 Å². The summed E-state index contributed by atoms with van der Waals surface area (Å²) in [5.41, 5.74) is 9.83. The SMILES string of the molecule is Cc1cccc(CSc2nc(N)c(C#N)c(-c3ccc(O)cc3)c2C#N)c1. The van der Waals surface area contributed by atoms with Gasteiger partial charge in [0.05, 0.1) is 5.56 Å². The molecule has 132 valence electrons. The molecule has 0 bridgehead atoms. The molecule has 27 heavy (non-hydrogen) atoms. The van der Waals surface area contributed by atoms with E-state index in [1.54, 1.807) is 12.1 Å². The number of aromatic nitrogens is 1. The van der Waals surface area contributed by atoms with E-state index in [9.17, 15) is 15.6 Å². The first-order valence-electron chi connectivity index (χ1n) is 8.15. The van der Waals surface area contributed by atoms with Gasteiger partial charge in [0, 0.05) is 11.3 Å². The Hall–Kier alpha value is -3.48. The van der Waals surface area contributed by atoms with Gasteiger partial charge in [-0.1, -0.05) is 42.0 Å². The number of rotatable bonds is 4. The van der Waals surface area contributed by atoms with Crippen LogP contribution in [0.4, 0.5) is 5.82 Å². The van der Waals surface area contributed by atoms with E-state index in [0.717, 1.165) is 11.1 Å². The van der Waals surface area contributed by atoms with Crippen LogP contribution >= 0.6 is 11.8 Å². The Morgan fingerprint density at radius 3 is 2.41 bits per heavy atom. The maximum atomic E-state index is 9.76. The first-order chi connectivity index (χ1) is 13.0. The molecule has 0 unspecified atom stereocenters. The zero-order valence-corrected chi connectivity index (χ0v) is 15.4. The van der Waals surface area contributed by atoms with Gasteiger partial charge >= 0.3 is 0 Å². The second-order valence-electron chi connectivity index (χ2n) is 5.98. The van der Waals surface area contributed by atoms with Crippen LogP contribution in [-0.4, -0.2) is 10.1 Å². The third-order valence-electron chi connectivity index (χ3n) is 4.03. The number of aromatic hydroxyl groups is 1. The van der Waals surface area contributed by atoms with E-state index in [2.05, 4.69) is 17.1 Å². The molecule has 6 heteroatoms. The molecule has 0 spiro atoms. The van der Waals surface area contributed by atoms with Crippen molar-refractivity contribution in [2.24, 2.45) is 0 Å². The van der Waals surface area contributed by atoms with E-state index < -0.39 is 0 Å². The monoisotopic (exact) mass is 372 g/mol. The molecule has 3 aromatic rings. The zero-order valence-electron chi connectivity index (χ0n) is 14.6. The van der Waals surface area contributed by atoms with E-state index in [-0.39, 0.29) is 17.1 Å². The lowest BCUT2D eigenvalue weighted by molar-refractivity contribution is 0.475. The smallest absolute Gasteiger partial charge is 0.143 e. The van der Waals surface area contributed by atoms with Gasteiger partial charge in [-0.25, -0.2) is 4.98 Å². The second kappa shape index (κ2) is 7.82. The number of nitrogens with zero attached hydrogens (tertiary/aromatic N) is 3. The zero-order chi connectivity index (χ0) is 19.4. The Bertz CT molecular complexity index is 1080. The normalized spacial score (nSPS) is 10.2. The summed E-state index contributed by atoms with van der Waals surface area (Å²) in [5.74, 6) is 0.821. The molecular formula is C21H16N4OS. The number of hydrogen-bond acceptors (Lipinski definition) is 6. The Kier molecular flexibility index (Phi) is 5.30. The molecule has 0 fully saturated rings. The topological polar surface area (TPSA) is 107 Å². The summed E-state index contributed by atoms with van der Waals surface area (Å²) < 4.78 is 0. The second-order valence-corrected chi connectivity index (χ2v) is 6.94. The molecule has 1 aromatic heterocycles. The number of benzene rings is 2. The van der Waals surface area contributed by atoms with Gasteiger partial charge in [0.25, 0.3) is 0 Å². The van der Waals surface area contributed by atoms with Crippen molar-refractivity contribution >= 4 is 17.6 Å². The number of anilines is 1. The highest BCUT2D eigenvalue weighted by Crippen LogP contribution is 2.37. The van der Waals surface area contributed by atoms with Crippen LogP contribution in [0.1, 0.15) is 22.3 Å². The summed E-state index contributed by atoms with van der Waals surface area (Å²) in [4.78, 5) is 4.30. The fraction of sp³-hybridized carbons (Fsp3) is 0.0952. The number of phenolic OH excluding ortho intramolecular Hbond substituents is 1. The molecule has 0 radical (unpaired) electrons. The first kappa shape index (κ1) is 18.3. The predicted octanol–water partition coefficient (Wildman–Crippen LogP) is 4.38. The lowest BCUT2D eigenvalue weighted by atomic mass is 9.97. The molecular weight excluding hydrogens is 356 g/mol. The number of pyridine rings is 1. The molecule has 0 aliphatic carbocycles. The molecule has 0 aliphatic rings. The molecule has 0 atom stereocenters. The molecule has 0 aliphatic heterocycles. The van der Waals surface area contributed by atoms with Crippen LogP contribution in [0.3, 0.4) is 0 Å². The van der Waals surface area contributed by atoms with E-state index in [1.807, 2.05) is 31.2 Å². The lowest BCUT2D eigenvalue weighted by Gasteiger charge is -2.13. The largest absolute Gasteiger partial charge is 0.508 e. The van der Waals surface area contributed by atoms with E-state index in [0.29, 0.717) is 27.5 Å². The highest BCUT2D eigenvalue weighted by molar-refractivity contribution is 7.98. The molecule has 0 amide bonds. The van der Waals surface area contributed by atoms with E-state index >= 15 is 0 Å². The maximum Gasteiger partial charge on any atom is 0.143 e. The van der Waals surface area contributed by atoms with Gasteiger partial charge in [0.2, 0.25) is 0 Å². The van der Waals surface area contributed by atoms with Gasteiger partial charge in [0.15, 0.2) is 0 Å². The highest BCUT2D eigenvalue weighted by atomic mass is 32.2. The predicted molar refractivity (Wildman–Crippen MR) is 106 cm³/mol. The average molecular weight is 372 g/mol. The Morgan fingerprint density at radius 2 is 1.78 bits per heavy atom. The summed E-state index contributed by atoms with van der Waals surface area (Å²) in [5, 5.41) is 29.3. The van der Waals surface area contributed by atoms with Crippen molar-refractivity contribution in [2.45, 2.75) is 17.7 Å². The van der Waals surface area contributed by atoms with Crippen LogP contribution in [0.5, 0.6) is 5.75 Å². The number of phenols is 1. The highest BCUT2D eigenvalue weighted by Gasteiger charge is 2.20. The van der Waals surface area contributed by atoms with Crippen molar-refractivity contribution in [3.63, 3.8) is 0 Å². The van der Waals surface area contributed by atoms with Crippen molar-refractivity contribution in [1.29, 1.82) is 10.5 Å². The maximum absolute atomic E-state index is 9.76. The third-order valence-corrected chi connectivity index (χ3v) is 5.08. The van der Waals surface area contributed by atoms with Gasteiger partial charge in [-0.3, -0.25) is 0 Å². The lowest BCUT2D eigenvalue weighted by Crippen LogP contribution is -2.03. The molecule has 3 N–H and O–H groups in total. The fourth-order valence-corrected chi connectivity index (χ4v) is 3.71. The van der Waals surface area contributed by atoms with Gasteiger partial charge < -0.3 is 10.8 Å². The van der Waals surface area contributed by atoms with Crippen molar-refractivity contribution in [1.82, 2.24) is 4.98 Å². The van der Waals surface area contributed by atoms with E-state index in [1.165, 1.54) is 23.9 Å². The number of thioether (sulfide) groups is 1. The van der Waals surface area contributed by atoms with E-state index in [4.69, 9.17) is 5.73 Å². The fourth-order valence-electron chi connectivity index (χ4n) is 2.77. The molecule has 3 rings (SSSR count). The average Bonchev–Trinajstić information content (AvgIpc) is 2.66. The van der Waals surface area contributed by atoms with Gasteiger partial charge in [-0.15, -0.1) is 11.8 Å². The third kappa shape index (κ3) is 3.87. The van der Waals surface area contributed by atoms with Crippen LogP contribution in [-0.2, 0) is 5.75 Å². The molecule has 0 saturated carbocycles. The summed E-state index contributed by atoms with van der Waals surface area (Å²) in [6.45, 7) is 2.02. The number of nitrogens with two attached hydrogens (primary N) is 1. The quantitative estimate of drug-likeness (QED) is 0.658. The van der Waals surface area contributed by atoms with Gasteiger partial charge in [-0.2, -0.15) is 10.5 Å². The van der Waals surface area contributed by atoms with Crippen LogP contribution in [0.25, 0.3) is 11.1 Å². The van der Waals surface area contributed by atoms with Crippen LogP contribution < -0.4 is 5.73 Å². The number of nitriles is 2. The number of aryl methyl sites for hydroxylation is 1. The summed E-state index contributed by atoms with van der Waals surface area (Å²) in [6.07, 6.45) is 0. The molecule has 0 saturated heterocycles. The van der Waals surface area contributed by atoms with Crippen molar-refractivity contribution in [2.75, 3.05) is 5.73 Å². The first-order valence-corrected chi connectivity index (χ1v) is 9.13. The Balaban J connectivity index is 2.09. The number of hydrogen-bond donors (Lipinski definition) is 2. The molecule has 1 heterocycles. The minimum atomic E-state index is 0.0892. The minimum absolute atomic E-state index is 0.0892. The van der Waals surface area contributed by atoms with Crippen molar-refractivity contribution in [3.05, 3.63) is 70.8 Å². The Labute approximate surface area is 161 Å². The summed E-state index contributed by atoms with van der Waals surface area (Å²) in [6, 6.07) is 18.6. The van der Waals surface area contributed by atoms with Crippen LogP contribution in [0.2, 0.25) is 0 Å². The minimum Gasteiger partial charge on any atom is -0.508 e. The summed E-state index contributed by atoms with van der Waals surface area (Å²) >= 11 is 1.41. The van der Waals surface area contributed by atoms with Gasteiger partial charge in [-0.05, 0) is 30.2 Å². The van der Waals surface area contributed by atoms with Crippen molar-refractivity contribution in [3.8, 4) is 29.0 Å².